The molecule has 0 spiro atoms. The minimum atomic E-state index is -0.782. The highest BCUT2D eigenvalue weighted by molar-refractivity contribution is 5.89. The fourth-order valence-electron chi connectivity index (χ4n) is 2.43. The van der Waals surface area contributed by atoms with E-state index in [1.54, 1.807) is 49.4 Å². The molecule has 0 heterocycles. The number of carbonyl (C=O) groups excluding carboxylic acids is 1. The van der Waals surface area contributed by atoms with Gasteiger partial charge in [-0.1, -0.05) is 24.3 Å². The first-order valence-electron chi connectivity index (χ1n) is 8.57. The van der Waals surface area contributed by atoms with Gasteiger partial charge in [0.2, 0.25) is 0 Å². The molecular formula is C20H24FNO4. The summed E-state index contributed by atoms with van der Waals surface area (Å²) in [5.74, 6) is -0.232. The Morgan fingerprint density at radius 1 is 1.23 bits per heavy atom. The van der Waals surface area contributed by atoms with Gasteiger partial charge < -0.3 is 19.9 Å². The number of hydrogen-bond acceptors (Lipinski definition) is 5. The van der Waals surface area contributed by atoms with E-state index in [2.05, 4.69) is 5.32 Å². The molecule has 0 aromatic heterocycles. The molecule has 0 fully saturated rings. The summed E-state index contributed by atoms with van der Waals surface area (Å²) < 4.78 is 24.2. The van der Waals surface area contributed by atoms with Crippen molar-refractivity contribution in [2.24, 2.45) is 0 Å². The zero-order valence-corrected chi connectivity index (χ0v) is 14.9. The lowest BCUT2D eigenvalue weighted by atomic mass is 10.1. The Morgan fingerprint density at radius 2 is 2.00 bits per heavy atom. The van der Waals surface area contributed by atoms with Crippen LogP contribution >= 0.6 is 0 Å². The predicted molar refractivity (Wildman–Crippen MR) is 96.7 cm³/mol. The van der Waals surface area contributed by atoms with Crippen LogP contribution in [0.15, 0.2) is 48.5 Å². The maximum Gasteiger partial charge on any atom is 0.338 e. The Morgan fingerprint density at radius 3 is 2.73 bits per heavy atom. The summed E-state index contributed by atoms with van der Waals surface area (Å²) in [6, 6.07) is 12.9. The summed E-state index contributed by atoms with van der Waals surface area (Å²) in [6.07, 6.45) is -0.782. The standard InChI is InChI=1S/C20H24FNO4/c1-3-25-20(24)15-7-6-8-17(11-15)26-13-16(23)12-22-14(2)18-9-4-5-10-19(18)21/h4-11,14,16,22-23H,3,12-13H2,1-2H3. The number of benzene rings is 2. The van der Waals surface area contributed by atoms with Crippen molar-refractivity contribution in [3.63, 3.8) is 0 Å². The molecule has 0 aliphatic rings. The van der Waals surface area contributed by atoms with Gasteiger partial charge in [-0.3, -0.25) is 0 Å². The second-order valence-corrected chi connectivity index (χ2v) is 5.86. The maximum atomic E-state index is 13.7. The summed E-state index contributed by atoms with van der Waals surface area (Å²) in [6.45, 7) is 4.16. The second-order valence-electron chi connectivity index (χ2n) is 5.86. The zero-order chi connectivity index (χ0) is 18.9. The third-order valence-corrected chi connectivity index (χ3v) is 3.82. The van der Waals surface area contributed by atoms with Crippen molar-refractivity contribution in [2.45, 2.75) is 26.0 Å². The molecule has 0 radical (unpaired) electrons. The third-order valence-electron chi connectivity index (χ3n) is 3.82. The quantitative estimate of drug-likeness (QED) is 0.672. The molecule has 6 heteroatoms. The van der Waals surface area contributed by atoms with Crippen LogP contribution in [0.2, 0.25) is 0 Å². The van der Waals surface area contributed by atoms with Gasteiger partial charge in [0.15, 0.2) is 0 Å². The normalized spacial score (nSPS) is 13.1. The van der Waals surface area contributed by atoms with Crippen molar-refractivity contribution < 1.29 is 23.8 Å². The average Bonchev–Trinajstić information content (AvgIpc) is 2.65. The van der Waals surface area contributed by atoms with Crippen molar-refractivity contribution >= 4 is 5.97 Å². The van der Waals surface area contributed by atoms with Crippen LogP contribution in [0.3, 0.4) is 0 Å². The minimum Gasteiger partial charge on any atom is -0.491 e. The van der Waals surface area contributed by atoms with Crippen molar-refractivity contribution in [3.8, 4) is 5.75 Å². The molecule has 26 heavy (non-hydrogen) atoms. The first-order chi connectivity index (χ1) is 12.5. The van der Waals surface area contributed by atoms with E-state index in [1.807, 2.05) is 6.92 Å². The van der Waals surface area contributed by atoms with E-state index >= 15 is 0 Å². The van der Waals surface area contributed by atoms with Crippen LogP contribution < -0.4 is 10.1 Å². The Labute approximate surface area is 152 Å². The van der Waals surface area contributed by atoms with E-state index in [9.17, 15) is 14.3 Å². The summed E-state index contributed by atoms with van der Waals surface area (Å²) in [7, 11) is 0. The first-order valence-corrected chi connectivity index (χ1v) is 8.57. The highest BCUT2D eigenvalue weighted by atomic mass is 19.1. The topological polar surface area (TPSA) is 67.8 Å². The van der Waals surface area contributed by atoms with Crippen LogP contribution in [0.25, 0.3) is 0 Å². The summed E-state index contributed by atoms with van der Waals surface area (Å²) in [5, 5.41) is 13.1. The number of aliphatic hydroxyl groups is 1. The summed E-state index contributed by atoms with van der Waals surface area (Å²) in [5.41, 5.74) is 0.938. The summed E-state index contributed by atoms with van der Waals surface area (Å²) in [4.78, 5) is 11.7. The highest BCUT2D eigenvalue weighted by Gasteiger charge is 2.13. The monoisotopic (exact) mass is 361 g/mol. The van der Waals surface area contributed by atoms with Crippen LogP contribution in [0.5, 0.6) is 5.75 Å². The molecule has 0 aliphatic heterocycles. The molecular weight excluding hydrogens is 337 g/mol. The molecule has 2 rings (SSSR count). The number of aliphatic hydroxyl groups excluding tert-OH is 1. The molecule has 0 saturated carbocycles. The molecule has 2 N–H and O–H groups in total. The zero-order valence-electron chi connectivity index (χ0n) is 14.9. The molecule has 2 aromatic rings. The Kier molecular flexibility index (Phi) is 7.56. The van der Waals surface area contributed by atoms with Crippen LogP contribution in [0.1, 0.15) is 35.8 Å². The first kappa shape index (κ1) is 19.9. The lowest BCUT2D eigenvalue weighted by Crippen LogP contribution is -2.33. The SMILES string of the molecule is CCOC(=O)c1cccc(OCC(O)CNC(C)c2ccccc2F)c1. The van der Waals surface area contributed by atoms with Crippen LogP contribution in [0.4, 0.5) is 4.39 Å². The van der Waals surface area contributed by atoms with Gasteiger partial charge in [-0.05, 0) is 38.1 Å². The van der Waals surface area contributed by atoms with Gasteiger partial charge in [0.25, 0.3) is 0 Å². The van der Waals surface area contributed by atoms with Gasteiger partial charge in [-0.2, -0.15) is 0 Å². The number of rotatable bonds is 9. The third kappa shape index (κ3) is 5.82. The molecule has 0 bridgehead atoms. The Bertz CT molecular complexity index is 722. The molecule has 2 aromatic carbocycles. The molecule has 5 nitrogen and oxygen atoms in total. The lowest BCUT2D eigenvalue weighted by molar-refractivity contribution is 0.0525. The number of esters is 1. The van der Waals surface area contributed by atoms with E-state index in [-0.39, 0.29) is 25.0 Å². The van der Waals surface area contributed by atoms with E-state index in [1.165, 1.54) is 6.07 Å². The molecule has 0 saturated heterocycles. The number of carbonyl (C=O) groups is 1. The van der Waals surface area contributed by atoms with Gasteiger partial charge in [0.05, 0.1) is 12.2 Å². The predicted octanol–water partition coefficient (Wildman–Crippen LogP) is 3.09. The fraction of sp³-hybridized carbons (Fsp3) is 0.350. The van der Waals surface area contributed by atoms with E-state index < -0.39 is 12.1 Å². The van der Waals surface area contributed by atoms with Crippen molar-refractivity contribution in [1.82, 2.24) is 5.32 Å². The Hall–Kier alpha value is -2.44. The number of halogens is 1. The molecule has 2 atom stereocenters. The Balaban J connectivity index is 1.82. The minimum absolute atomic E-state index is 0.0449. The average molecular weight is 361 g/mol. The van der Waals surface area contributed by atoms with E-state index in [0.717, 1.165) is 0 Å². The van der Waals surface area contributed by atoms with Gasteiger partial charge in [-0.15, -0.1) is 0 Å². The smallest absolute Gasteiger partial charge is 0.338 e. The lowest BCUT2D eigenvalue weighted by Gasteiger charge is -2.18. The van der Waals surface area contributed by atoms with Crippen LogP contribution in [0, 0.1) is 5.82 Å². The molecule has 140 valence electrons. The number of ether oxygens (including phenoxy) is 2. The van der Waals surface area contributed by atoms with Crippen molar-refractivity contribution in [2.75, 3.05) is 19.8 Å². The fourth-order valence-corrected chi connectivity index (χ4v) is 2.43. The van der Waals surface area contributed by atoms with Gasteiger partial charge >= 0.3 is 5.97 Å². The second kappa shape index (κ2) is 9.89. The highest BCUT2D eigenvalue weighted by Crippen LogP contribution is 2.16. The molecule has 2 unspecified atom stereocenters. The molecule has 0 aliphatic carbocycles. The van der Waals surface area contributed by atoms with Crippen molar-refractivity contribution in [3.05, 3.63) is 65.5 Å². The van der Waals surface area contributed by atoms with E-state index in [0.29, 0.717) is 23.5 Å². The van der Waals surface area contributed by atoms with Crippen LogP contribution in [-0.2, 0) is 4.74 Å². The maximum absolute atomic E-state index is 13.7. The number of nitrogens with one attached hydrogen (secondary N) is 1. The van der Waals surface area contributed by atoms with Gasteiger partial charge in [-0.25, -0.2) is 9.18 Å². The van der Waals surface area contributed by atoms with Crippen molar-refractivity contribution in [1.29, 1.82) is 0 Å². The largest absolute Gasteiger partial charge is 0.491 e. The van der Waals surface area contributed by atoms with Gasteiger partial charge in [0.1, 0.15) is 24.3 Å². The summed E-state index contributed by atoms with van der Waals surface area (Å²) >= 11 is 0. The van der Waals surface area contributed by atoms with Gasteiger partial charge in [0, 0.05) is 18.2 Å². The van der Waals surface area contributed by atoms with Crippen LogP contribution in [-0.4, -0.2) is 36.9 Å². The number of hydrogen-bond donors (Lipinski definition) is 2. The van der Waals surface area contributed by atoms with E-state index in [4.69, 9.17) is 9.47 Å². The molecule has 0 amide bonds.